The third-order valence-corrected chi connectivity index (χ3v) is 8.24. The standard InChI is InChI=1S/C17H28O4S3/c1-3-4-5-6-7-8-15-24(19,20)22-13-14-23(18)21-17-11-9-16(2)10-12-17/h9-12H,3-8,13-15H2,1-2H3. The molecule has 0 aromatic heterocycles. The summed E-state index contributed by atoms with van der Waals surface area (Å²) in [5.41, 5.74) is 1.10. The average Bonchev–Trinajstić information content (AvgIpc) is 2.53. The Morgan fingerprint density at radius 1 is 1.04 bits per heavy atom. The van der Waals surface area contributed by atoms with Crippen molar-refractivity contribution in [2.75, 3.05) is 17.3 Å². The van der Waals surface area contributed by atoms with Gasteiger partial charge in [-0.05, 0) is 36.3 Å². The molecule has 1 rings (SSSR count). The van der Waals surface area contributed by atoms with Crippen LogP contribution in [0.25, 0.3) is 0 Å². The summed E-state index contributed by atoms with van der Waals surface area (Å²) in [6, 6.07) is 7.28. The number of hydrogen-bond acceptors (Lipinski definition) is 5. The summed E-state index contributed by atoms with van der Waals surface area (Å²) in [6.07, 6.45) is 6.36. The van der Waals surface area contributed by atoms with Crippen molar-refractivity contribution < 1.29 is 16.8 Å². The van der Waals surface area contributed by atoms with Crippen LogP contribution in [-0.4, -0.2) is 29.9 Å². The summed E-state index contributed by atoms with van der Waals surface area (Å²) in [4.78, 5) is 0. The highest BCUT2D eigenvalue weighted by molar-refractivity contribution is 8.72. The Kier molecular flexibility index (Phi) is 10.7. The SMILES string of the molecule is CCCCCCCCS(=O)(=O)SCCS(=O)Oc1ccc(C)cc1. The molecular weight excluding hydrogens is 364 g/mol. The molecule has 0 fully saturated rings. The van der Waals surface area contributed by atoms with Crippen molar-refractivity contribution in [1.29, 1.82) is 0 Å². The van der Waals surface area contributed by atoms with Gasteiger partial charge in [-0.15, -0.1) is 0 Å². The zero-order valence-electron chi connectivity index (χ0n) is 14.5. The van der Waals surface area contributed by atoms with E-state index in [9.17, 15) is 12.6 Å². The van der Waals surface area contributed by atoms with Gasteiger partial charge in [0.25, 0.3) is 0 Å². The molecule has 1 aromatic carbocycles. The quantitative estimate of drug-likeness (QED) is 0.366. The van der Waals surface area contributed by atoms with Crippen LogP contribution < -0.4 is 4.18 Å². The van der Waals surface area contributed by atoms with E-state index < -0.39 is 19.9 Å². The number of rotatable bonds is 13. The first kappa shape index (κ1) is 21.5. The van der Waals surface area contributed by atoms with E-state index in [1.165, 1.54) is 19.3 Å². The van der Waals surface area contributed by atoms with E-state index in [0.717, 1.165) is 29.2 Å². The first-order chi connectivity index (χ1) is 11.4. The van der Waals surface area contributed by atoms with Crippen LogP contribution in [0.1, 0.15) is 51.0 Å². The Labute approximate surface area is 152 Å². The van der Waals surface area contributed by atoms with Gasteiger partial charge in [0.05, 0.1) is 11.5 Å². The molecule has 0 amide bonds. The molecule has 138 valence electrons. The Balaban J connectivity index is 2.17. The Hall–Kier alpha value is -0.530. The molecule has 0 aliphatic heterocycles. The van der Waals surface area contributed by atoms with Crippen LogP contribution in [-0.2, 0) is 19.9 Å². The maximum absolute atomic E-state index is 11.9. The van der Waals surface area contributed by atoms with Gasteiger partial charge in [0.1, 0.15) is 5.75 Å². The topological polar surface area (TPSA) is 60.4 Å². The Morgan fingerprint density at radius 3 is 2.33 bits per heavy atom. The van der Waals surface area contributed by atoms with E-state index in [1.54, 1.807) is 12.1 Å². The van der Waals surface area contributed by atoms with Crippen LogP contribution in [0.15, 0.2) is 24.3 Å². The van der Waals surface area contributed by atoms with Crippen molar-refractivity contribution in [3.63, 3.8) is 0 Å². The highest BCUT2D eigenvalue weighted by Crippen LogP contribution is 2.17. The normalized spacial score (nSPS) is 12.9. The van der Waals surface area contributed by atoms with Crippen molar-refractivity contribution in [2.45, 2.75) is 52.4 Å². The summed E-state index contributed by atoms with van der Waals surface area (Å²) in [7, 11) is -2.23. The molecule has 0 aliphatic rings. The van der Waals surface area contributed by atoms with Crippen LogP contribution in [0.4, 0.5) is 0 Å². The van der Waals surface area contributed by atoms with Crippen LogP contribution in [0, 0.1) is 6.92 Å². The predicted octanol–water partition coefficient (Wildman–Crippen LogP) is 4.46. The van der Waals surface area contributed by atoms with Crippen molar-refractivity contribution in [3.05, 3.63) is 29.8 Å². The fourth-order valence-electron chi connectivity index (χ4n) is 2.09. The second-order valence-corrected chi connectivity index (χ2v) is 11.3. The highest BCUT2D eigenvalue weighted by Gasteiger charge is 2.13. The van der Waals surface area contributed by atoms with Gasteiger partial charge in [-0.2, -0.15) is 0 Å². The van der Waals surface area contributed by atoms with Gasteiger partial charge in [0.15, 0.2) is 0 Å². The molecular formula is C17H28O4S3. The number of benzene rings is 1. The van der Waals surface area contributed by atoms with E-state index in [2.05, 4.69) is 6.92 Å². The second-order valence-electron chi connectivity index (χ2n) is 5.76. The van der Waals surface area contributed by atoms with Crippen LogP contribution in [0.5, 0.6) is 5.75 Å². The van der Waals surface area contributed by atoms with Gasteiger partial charge < -0.3 is 4.18 Å². The minimum absolute atomic E-state index is 0.203. The van der Waals surface area contributed by atoms with E-state index >= 15 is 0 Å². The van der Waals surface area contributed by atoms with Crippen LogP contribution >= 0.6 is 10.8 Å². The molecule has 0 saturated heterocycles. The Morgan fingerprint density at radius 2 is 1.67 bits per heavy atom. The van der Waals surface area contributed by atoms with Crippen molar-refractivity contribution in [3.8, 4) is 5.75 Å². The molecule has 1 aromatic rings. The number of aryl methyl sites for hydroxylation is 1. The summed E-state index contributed by atoms with van der Waals surface area (Å²) < 4.78 is 40.9. The number of unbranched alkanes of at least 4 members (excludes halogenated alkanes) is 5. The number of hydrogen-bond donors (Lipinski definition) is 0. The Bertz CT molecular complexity index is 582. The van der Waals surface area contributed by atoms with Crippen molar-refractivity contribution in [1.82, 2.24) is 0 Å². The highest BCUT2D eigenvalue weighted by atomic mass is 33.1. The van der Waals surface area contributed by atoms with Gasteiger partial charge in [-0.3, -0.25) is 0 Å². The maximum Gasteiger partial charge on any atom is 0.207 e. The first-order valence-corrected chi connectivity index (χ1v) is 12.8. The summed E-state index contributed by atoms with van der Waals surface area (Å²) in [5, 5.41) is 0. The fraction of sp³-hybridized carbons (Fsp3) is 0.647. The fourth-order valence-corrected chi connectivity index (χ4v) is 6.33. The van der Waals surface area contributed by atoms with Gasteiger partial charge in [0.2, 0.25) is 19.9 Å². The molecule has 1 atom stereocenters. The molecule has 0 saturated carbocycles. The molecule has 0 bridgehead atoms. The monoisotopic (exact) mass is 392 g/mol. The molecule has 0 radical (unpaired) electrons. The zero-order chi connectivity index (χ0) is 17.8. The zero-order valence-corrected chi connectivity index (χ0v) is 17.0. The summed E-state index contributed by atoms with van der Waals surface area (Å²) in [6.45, 7) is 4.12. The molecule has 24 heavy (non-hydrogen) atoms. The third-order valence-electron chi connectivity index (χ3n) is 3.47. The molecule has 0 heterocycles. The van der Waals surface area contributed by atoms with Crippen molar-refractivity contribution >= 4 is 30.7 Å². The average molecular weight is 393 g/mol. The minimum Gasteiger partial charge on any atom is -0.401 e. The van der Waals surface area contributed by atoms with Crippen LogP contribution in [0.2, 0.25) is 0 Å². The third kappa shape index (κ3) is 10.4. The lowest BCUT2D eigenvalue weighted by Crippen LogP contribution is -2.10. The van der Waals surface area contributed by atoms with Crippen LogP contribution in [0.3, 0.4) is 0 Å². The summed E-state index contributed by atoms with van der Waals surface area (Å²) >= 11 is -1.51. The molecule has 1 unspecified atom stereocenters. The first-order valence-electron chi connectivity index (χ1n) is 8.43. The largest absolute Gasteiger partial charge is 0.401 e. The van der Waals surface area contributed by atoms with E-state index in [1.807, 2.05) is 19.1 Å². The summed E-state index contributed by atoms with van der Waals surface area (Å²) in [5.74, 6) is 1.24. The van der Waals surface area contributed by atoms with Gasteiger partial charge in [-0.25, -0.2) is 12.6 Å². The maximum atomic E-state index is 11.9. The smallest absolute Gasteiger partial charge is 0.207 e. The predicted molar refractivity (Wildman–Crippen MR) is 104 cm³/mol. The second kappa shape index (κ2) is 11.9. The lowest BCUT2D eigenvalue weighted by atomic mass is 10.1. The van der Waals surface area contributed by atoms with E-state index in [4.69, 9.17) is 4.18 Å². The molecule has 0 spiro atoms. The van der Waals surface area contributed by atoms with Gasteiger partial charge in [0, 0.05) is 5.75 Å². The molecule has 0 aliphatic carbocycles. The van der Waals surface area contributed by atoms with Gasteiger partial charge >= 0.3 is 0 Å². The molecule has 0 N–H and O–H groups in total. The van der Waals surface area contributed by atoms with E-state index in [-0.39, 0.29) is 17.3 Å². The lowest BCUT2D eigenvalue weighted by Gasteiger charge is -2.06. The minimum atomic E-state index is -3.12. The van der Waals surface area contributed by atoms with Gasteiger partial charge in [-0.1, -0.05) is 56.7 Å². The lowest BCUT2D eigenvalue weighted by molar-refractivity contribution is 0.563. The van der Waals surface area contributed by atoms with Crippen molar-refractivity contribution in [2.24, 2.45) is 0 Å². The van der Waals surface area contributed by atoms with E-state index in [0.29, 0.717) is 12.2 Å². The molecule has 7 heteroatoms. The molecule has 4 nitrogen and oxygen atoms in total.